The van der Waals surface area contributed by atoms with E-state index in [0.717, 1.165) is 0 Å². The number of fused-ring (bicyclic) bond motifs is 14. The van der Waals surface area contributed by atoms with Crippen LogP contribution in [0.5, 0.6) is 0 Å². The van der Waals surface area contributed by atoms with Gasteiger partial charge in [-0.1, -0.05) is 176 Å². The summed E-state index contributed by atoms with van der Waals surface area (Å²) in [6.45, 7) is 0. The normalized spacial score (nSPS) is 15.7. The van der Waals surface area contributed by atoms with Gasteiger partial charge in [-0.15, -0.1) is 0 Å². The van der Waals surface area contributed by atoms with Crippen LogP contribution in [0.1, 0.15) is 22.3 Å². The van der Waals surface area contributed by atoms with E-state index in [9.17, 15) is 0 Å². The minimum Gasteiger partial charge on any atom is -0.0888 e. The highest BCUT2D eigenvalue weighted by Gasteiger charge is 2.52. The zero-order valence-corrected chi connectivity index (χ0v) is 29.0. The molecular formula is C51H30S. The largest absolute Gasteiger partial charge is 0.0888 e. The zero-order chi connectivity index (χ0) is 34.0. The molecule has 0 bridgehead atoms. The van der Waals surface area contributed by atoms with E-state index in [1.807, 2.05) is 11.8 Å². The third kappa shape index (κ3) is 3.59. The fourth-order valence-electron chi connectivity index (χ4n) is 9.88. The highest BCUT2D eigenvalue weighted by Crippen LogP contribution is 2.65. The zero-order valence-electron chi connectivity index (χ0n) is 28.2. The average molecular weight is 675 g/mol. The van der Waals surface area contributed by atoms with E-state index in [-0.39, 0.29) is 5.41 Å². The molecule has 1 heterocycles. The first-order chi connectivity index (χ1) is 25.8. The molecule has 1 spiro atoms. The van der Waals surface area contributed by atoms with Gasteiger partial charge in [0.15, 0.2) is 0 Å². The number of hydrogen-bond acceptors (Lipinski definition) is 1. The van der Waals surface area contributed by atoms with Gasteiger partial charge in [0, 0.05) is 15.2 Å². The summed E-state index contributed by atoms with van der Waals surface area (Å²) in [5.74, 6) is 0. The quantitative estimate of drug-likeness (QED) is 0.176. The number of benzene rings is 9. The predicted octanol–water partition coefficient (Wildman–Crippen LogP) is 13.8. The van der Waals surface area contributed by atoms with Crippen molar-refractivity contribution in [2.75, 3.05) is 0 Å². The van der Waals surface area contributed by atoms with Gasteiger partial charge < -0.3 is 0 Å². The molecule has 0 saturated heterocycles. The maximum Gasteiger partial charge on any atom is 0.0725 e. The Morgan fingerprint density at radius 2 is 0.923 bits per heavy atom. The van der Waals surface area contributed by atoms with E-state index in [1.54, 1.807) is 0 Å². The third-order valence-electron chi connectivity index (χ3n) is 11.9. The van der Waals surface area contributed by atoms with Crippen molar-refractivity contribution in [2.24, 2.45) is 0 Å². The molecule has 9 aromatic rings. The predicted molar refractivity (Wildman–Crippen MR) is 218 cm³/mol. The monoisotopic (exact) mass is 674 g/mol. The molecule has 0 saturated carbocycles. The molecule has 240 valence electrons. The van der Waals surface area contributed by atoms with Crippen LogP contribution in [0.2, 0.25) is 0 Å². The van der Waals surface area contributed by atoms with Gasteiger partial charge in [-0.3, -0.25) is 0 Å². The van der Waals surface area contributed by atoms with Crippen LogP contribution in [0.25, 0.3) is 77.2 Å². The van der Waals surface area contributed by atoms with Gasteiger partial charge in [-0.2, -0.15) is 0 Å². The molecule has 1 aliphatic heterocycles. The van der Waals surface area contributed by atoms with Crippen LogP contribution in [-0.4, -0.2) is 0 Å². The van der Waals surface area contributed by atoms with Crippen molar-refractivity contribution in [2.45, 2.75) is 15.2 Å². The molecule has 0 aromatic heterocycles. The summed E-state index contributed by atoms with van der Waals surface area (Å²) in [6.07, 6.45) is 0. The highest BCUT2D eigenvalue weighted by molar-refractivity contribution is 7.99. The number of rotatable bonds is 2. The maximum atomic E-state index is 2.42. The Labute approximate surface area is 307 Å². The SMILES string of the molecule is c1cc(-c2cccc3c2-c2ccccc2C32c3ccccc3-c3c2ccc2ccccc32)cc(-c2ccc3c4c(cccc24)-c2ccccc2S3)c1. The Morgan fingerprint density at radius 3 is 1.79 bits per heavy atom. The molecule has 3 aliphatic rings. The van der Waals surface area contributed by atoms with Gasteiger partial charge in [-0.25, -0.2) is 0 Å². The first-order valence-electron chi connectivity index (χ1n) is 18.1. The smallest absolute Gasteiger partial charge is 0.0725 e. The van der Waals surface area contributed by atoms with Crippen LogP contribution in [0, 0.1) is 0 Å². The molecule has 2 aliphatic carbocycles. The molecule has 0 fully saturated rings. The Balaban J connectivity index is 1.09. The first-order valence-corrected chi connectivity index (χ1v) is 18.9. The Kier molecular flexibility index (Phi) is 5.73. The van der Waals surface area contributed by atoms with Crippen molar-refractivity contribution in [3.05, 3.63) is 204 Å². The van der Waals surface area contributed by atoms with Crippen LogP contribution < -0.4 is 0 Å². The van der Waals surface area contributed by atoms with Crippen molar-refractivity contribution in [3.63, 3.8) is 0 Å². The lowest BCUT2D eigenvalue weighted by molar-refractivity contribution is 0.794. The molecule has 1 atom stereocenters. The summed E-state index contributed by atoms with van der Waals surface area (Å²) in [7, 11) is 0. The van der Waals surface area contributed by atoms with Crippen molar-refractivity contribution >= 4 is 33.3 Å². The van der Waals surface area contributed by atoms with Crippen LogP contribution in [0.15, 0.2) is 192 Å². The van der Waals surface area contributed by atoms with Crippen molar-refractivity contribution in [1.82, 2.24) is 0 Å². The maximum absolute atomic E-state index is 2.42. The van der Waals surface area contributed by atoms with Gasteiger partial charge in [0.05, 0.1) is 5.41 Å². The van der Waals surface area contributed by atoms with E-state index in [2.05, 4.69) is 182 Å². The van der Waals surface area contributed by atoms with Gasteiger partial charge >= 0.3 is 0 Å². The van der Waals surface area contributed by atoms with Gasteiger partial charge in [0.25, 0.3) is 0 Å². The second kappa shape index (κ2) is 10.4. The lowest BCUT2D eigenvalue weighted by Crippen LogP contribution is -2.25. The Hall–Kier alpha value is -6.15. The fourth-order valence-corrected chi connectivity index (χ4v) is 11.0. The second-order valence-corrected chi connectivity index (χ2v) is 15.4. The molecule has 52 heavy (non-hydrogen) atoms. The minimum atomic E-state index is -0.389. The fraction of sp³-hybridized carbons (Fsp3) is 0.0196. The molecule has 0 N–H and O–H groups in total. The topological polar surface area (TPSA) is 0 Å². The molecule has 0 amide bonds. The molecule has 1 heteroatoms. The standard InChI is InChI=1S/C51H30S/c1-2-15-35-31(12-1)26-28-45-48(35)40-17-3-6-22-42(40)51(45)43-23-7-4-18-41(43)49-36(19-11-24-44(49)51)33-14-9-13-32(30-33)34-27-29-47-50-38(34)20-10-21-39(50)37-16-5-8-25-46(37)52-47/h1-30H. The average Bonchev–Trinajstić information content (AvgIpc) is 3.69. The van der Waals surface area contributed by atoms with Crippen LogP contribution in [0.3, 0.4) is 0 Å². The second-order valence-electron chi connectivity index (χ2n) is 14.3. The van der Waals surface area contributed by atoms with E-state index in [4.69, 9.17) is 0 Å². The summed E-state index contributed by atoms with van der Waals surface area (Å²) in [5, 5.41) is 5.27. The molecular weight excluding hydrogens is 645 g/mol. The Morgan fingerprint density at radius 1 is 0.327 bits per heavy atom. The Bertz CT molecular complexity index is 3000. The van der Waals surface area contributed by atoms with E-state index in [0.29, 0.717) is 0 Å². The van der Waals surface area contributed by atoms with Crippen LogP contribution in [-0.2, 0) is 5.41 Å². The van der Waals surface area contributed by atoms with Gasteiger partial charge in [-0.05, 0) is 112 Å². The van der Waals surface area contributed by atoms with Crippen molar-refractivity contribution < 1.29 is 0 Å². The summed E-state index contributed by atoms with van der Waals surface area (Å²) >= 11 is 1.89. The molecule has 0 nitrogen and oxygen atoms in total. The lowest BCUT2D eigenvalue weighted by atomic mass is 9.70. The molecule has 0 radical (unpaired) electrons. The van der Waals surface area contributed by atoms with E-state index < -0.39 is 0 Å². The van der Waals surface area contributed by atoms with Crippen molar-refractivity contribution in [3.8, 4) is 55.6 Å². The summed E-state index contributed by atoms with van der Waals surface area (Å²) < 4.78 is 0. The lowest BCUT2D eigenvalue weighted by Gasteiger charge is -2.30. The van der Waals surface area contributed by atoms with Crippen LogP contribution in [0.4, 0.5) is 0 Å². The summed E-state index contributed by atoms with van der Waals surface area (Å²) in [4.78, 5) is 2.66. The van der Waals surface area contributed by atoms with E-state index >= 15 is 0 Å². The summed E-state index contributed by atoms with van der Waals surface area (Å²) in [6, 6.07) is 68.4. The molecule has 1 unspecified atom stereocenters. The van der Waals surface area contributed by atoms with Crippen molar-refractivity contribution in [1.29, 1.82) is 0 Å². The molecule has 9 aromatic carbocycles. The minimum absolute atomic E-state index is 0.389. The summed E-state index contributed by atoms with van der Waals surface area (Å²) in [5.41, 5.74) is 18.2. The highest BCUT2D eigenvalue weighted by atomic mass is 32.2. The molecule has 12 rings (SSSR count). The van der Waals surface area contributed by atoms with Crippen LogP contribution >= 0.6 is 11.8 Å². The van der Waals surface area contributed by atoms with Gasteiger partial charge in [0.2, 0.25) is 0 Å². The van der Waals surface area contributed by atoms with E-state index in [1.165, 1.54) is 109 Å². The first kappa shape index (κ1) is 28.5. The number of hydrogen-bond donors (Lipinski definition) is 0. The van der Waals surface area contributed by atoms with Gasteiger partial charge in [0.1, 0.15) is 0 Å². The third-order valence-corrected chi connectivity index (χ3v) is 13.0.